The Labute approximate surface area is 425 Å². The van der Waals surface area contributed by atoms with Crippen LogP contribution in [0, 0.1) is 0 Å². The molecular weight excluding hydrogens is 881 g/mol. The van der Waals surface area contributed by atoms with Crippen molar-refractivity contribution >= 4 is 49.6 Å². The Bertz CT molecular complexity index is 4230. The van der Waals surface area contributed by atoms with Crippen molar-refractivity contribution in [2.45, 2.75) is 5.41 Å². The lowest BCUT2D eigenvalue weighted by atomic mass is 9.70. The molecule has 0 saturated carbocycles. The highest BCUT2D eigenvalue weighted by molar-refractivity contribution is 6.10. The van der Waals surface area contributed by atoms with Crippen molar-refractivity contribution < 1.29 is 0 Å². The van der Waals surface area contributed by atoms with E-state index in [4.69, 9.17) is 0 Å². The predicted octanol–water partition coefficient (Wildman–Crippen LogP) is 18.8. The van der Waals surface area contributed by atoms with Crippen LogP contribution in [0.5, 0.6) is 0 Å². The van der Waals surface area contributed by atoms with Gasteiger partial charge in [0, 0.05) is 33.5 Å². The first kappa shape index (κ1) is 41.3. The fourth-order valence-electron chi connectivity index (χ4n) is 12.6. The summed E-state index contributed by atoms with van der Waals surface area (Å²) in [6, 6.07) is 103. The second-order valence-corrected chi connectivity index (χ2v) is 19.6. The summed E-state index contributed by atoms with van der Waals surface area (Å²) < 4.78 is 2.38. The number of fused-ring (bicyclic) bond motifs is 14. The Morgan fingerprint density at radius 3 is 1.37 bits per heavy atom. The molecule has 1 spiro atoms. The van der Waals surface area contributed by atoms with E-state index in [1.54, 1.807) is 0 Å². The number of hydrogen-bond donors (Lipinski definition) is 0. The van der Waals surface area contributed by atoms with Crippen LogP contribution < -0.4 is 4.90 Å². The monoisotopic (exact) mass is 926 g/mol. The molecule has 0 fully saturated rings. The quantitative estimate of drug-likeness (QED) is 0.155. The van der Waals surface area contributed by atoms with E-state index >= 15 is 0 Å². The van der Waals surface area contributed by atoms with E-state index in [2.05, 4.69) is 289 Å². The summed E-state index contributed by atoms with van der Waals surface area (Å²) in [7, 11) is 0. The molecule has 0 unspecified atom stereocenters. The minimum absolute atomic E-state index is 0.449. The minimum Gasteiger partial charge on any atom is -0.310 e. The molecule has 340 valence electrons. The lowest BCUT2D eigenvalue weighted by Crippen LogP contribution is -2.26. The highest BCUT2D eigenvalue weighted by Crippen LogP contribution is 2.63. The molecular formula is C71H46N2. The van der Waals surface area contributed by atoms with Crippen LogP contribution in [0.25, 0.3) is 93.9 Å². The predicted molar refractivity (Wildman–Crippen MR) is 306 cm³/mol. The van der Waals surface area contributed by atoms with Crippen LogP contribution in [0.15, 0.2) is 279 Å². The van der Waals surface area contributed by atoms with E-state index in [0.29, 0.717) is 0 Å². The highest BCUT2D eigenvalue weighted by atomic mass is 15.1. The molecule has 2 aliphatic rings. The molecule has 73 heavy (non-hydrogen) atoms. The van der Waals surface area contributed by atoms with Crippen LogP contribution in [0.1, 0.15) is 22.3 Å². The van der Waals surface area contributed by atoms with Crippen molar-refractivity contribution in [3.63, 3.8) is 0 Å². The smallest absolute Gasteiger partial charge is 0.0726 e. The zero-order chi connectivity index (χ0) is 48.0. The van der Waals surface area contributed by atoms with E-state index < -0.39 is 5.41 Å². The average molecular weight is 927 g/mol. The fourth-order valence-corrected chi connectivity index (χ4v) is 12.6. The summed E-state index contributed by atoms with van der Waals surface area (Å²) in [6.45, 7) is 0. The van der Waals surface area contributed by atoms with Crippen LogP contribution in [-0.2, 0) is 5.41 Å². The van der Waals surface area contributed by atoms with Gasteiger partial charge in [0.05, 0.1) is 16.4 Å². The molecule has 1 aromatic heterocycles. The van der Waals surface area contributed by atoms with Crippen LogP contribution in [-0.4, -0.2) is 4.57 Å². The van der Waals surface area contributed by atoms with Gasteiger partial charge in [-0.2, -0.15) is 0 Å². The maximum atomic E-state index is 2.48. The van der Waals surface area contributed by atoms with Crippen LogP contribution in [0.3, 0.4) is 0 Å². The molecule has 2 heteroatoms. The Balaban J connectivity index is 0.859. The van der Waals surface area contributed by atoms with E-state index in [1.807, 2.05) is 0 Å². The SMILES string of the molecule is c1ccc(-n2c3ccccc3c3cc(-c4ccc(N(c5ccc(-c6ccc(-c7cccc8ccccc78)cc6)cc5)c5ccc6c(c5)C5(c7ccccc7-c7ccccc75)c5ccccc5-6)cc4)ccc32)cc1. The van der Waals surface area contributed by atoms with Crippen LogP contribution >= 0.6 is 0 Å². The minimum atomic E-state index is -0.449. The molecule has 0 saturated heterocycles. The third-order valence-electron chi connectivity index (χ3n) is 15.8. The van der Waals surface area contributed by atoms with Gasteiger partial charge in [-0.25, -0.2) is 0 Å². The summed E-state index contributed by atoms with van der Waals surface area (Å²) in [6.07, 6.45) is 0. The second kappa shape index (κ2) is 16.3. The molecule has 13 aromatic rings. The summed E-state index contributed by atoms with van der Waals surface area (Å²) in [5, 5.41) is 5.02. The largest absolute Gasteiger partial charge is 0.310 e. The van der Waals surface area contributed by atoms with Crippen molar-refractivity contribution in [3.8, 4) is 61.3 Å². The van der Waals surface area contributed by atoms with Gasteiger partial charge >= 0.3 is 0 Å². The van der Waals surface area contributed by atoms with Crippen LogP contribution in [0.4, 0.5) is 17.1 Å². The van der Waals surface area contributed by atoms with Crippen molar-refractivity contribution in [2.24, 2.45) is 0 Å². The van der Waals surface area contributed by atoms with Gasteiger partial charge in [0.2, 0.25) is 0 Å². The van der Waals surface area contributed by atoms with E-state index in [-0.39, 0.29) is 0 Å². The number of rotatable bonds is 7. The van der Waals surface area contributed by atoms with Gasteiger partial charge in [-0.15, -0.1) is 0 Å². The third-order valence-corrected chi connectivity index (χ3v) is 15.8. The molecule has 0 amide bonds. The average Bonchev–Trinajstić information content (AvgIpc) is 4.08. The van der Waals surface area contributed by atoms with Crippen molar-refractivity contribution in [2.75, 3.05) is 4.90 Å². The van der Waals surface area contributed by atoms with Crippen molar-refractivity contribution in [3.05, 3.63) is 301 Å². The number of nitrogens with zero attached hydrogens (tertiary/aromatic N) is 2. The van der Waals surface area contributed by atoms with Crippen molar-refractivity contribution in [1.29, 1.82) is 0 Å². The van der Waals surface area contributed by atoms with Crippen LogP contribution in [0.2, 0.25) is 0 Å². The van der Waals surface area contributed by atoms with E-state index in [1.165, 1.54) is 110 Å². The summed E-state index contributed by atoms with van der Waals surface area (Å²) in [5.74, 6) is 0. The van der Waals surface area contributed by atoms with Gasteiger partial charge in [-0.3, -0.25) is 0 Å². The number of benzene rings is 12. The molecule has 2 nitrogen and oxygen atoms in total. The highest BCUT2D eigenvalue weighted by Gasteiger charge is 2.51. The Morgan fingerprint density at radius 1 is 0.260 bits per heavy atom. The maximum absolute atomic E-state index is 2.48. The van der Waals surface area contributed by atoms with Gasteiger partial charge in [0.1, 0.15) is 0 Å². The Hall–Kier alpha value is -9.50. The molecule has 15 rings (SSSR count). The molecule has 0 aliphatic heterocycles. The van der Waals surface area contributed by atoms with Gasteiger partial charge < -0.3 is 9.47 Å². The van der Waals surface area contributed by atoms with Gasteiger partial charge in [-0.05, 0) is 155 Å². The molecule has 0 atom stereocenters. The molecule has 0 radical (unpaired) electrons. The Kier molecular flexibility index (Phi) is 9.21. The zero-order valence-corrected chi connectivity index (χ0v) is 40.0. The summed E-state index contributed by atoms with van der Waals surface area (Å²) in [5.41, 5.74) is 24.2. The third kappa shape index (κ3) is 6.24. The summed E-state index contributed by atoms with van der Waals surface area (Å²) in [4.78, 5) is 2.44. The van der Waals surface area contributed by atoms with E-state index in [9.17, 15) is 0 Å². The molecule has 0 N–H and O–H groups in total. The van der Waals surface area contributed by atoms with Gasteiger partial charge in [0.15, 0.2) is 0 Å². The topological polar surface area (TPSA) is 8.17 Å². The lowest BCUT2D eigenvalue weighted by molar-refractivity contribution is 0.793. The normalized spacial score (nSPS) is 12.8. The number of aromatic nitrogens is 1. The Morgan fingerprint density at radius 2 is 0.712 bits per heavy atom. The zero-order valence-electron chi connectivity index (χ0n) is 40.0. The number of anilines is 3. The maximum Gasteiger partial charge on any atom is 0.0726 e. The van der Waals surface area contributed by atoms with Gasteiger partial charge in [-0.1, -0.05) is 212 Å². The number of para-hydroxylation sites is 2. The fraction of sp³-hybridized carbons (Fsp3) is 0.0141. The molecule has 0 bridgehead atoms. The first-order valence-electron chi connectivity index (χ1n) is 25.3. The second-order valence-electron chi connectivity index (χ2n) is 19.6. The molecule has 1 heterocycles. The first-order chi connectivity index (χ1) is 36.2. The van der Waals surface area contributed by atoms with Gasteiger partial charge in [0.25, 0.3) is 0 Å². The first-order valence-corrected chi connectivity index (χ1v) is 25.3. The lowest BCUT2D eigenvalue weighted by Gasteiger charge is -2.32. The molecule has 12 aromatic carbocycles. The summed E-state index contributed by atoms with van der Waals surface area (Å²) >= 11 is 0. The van der Waals surface area contributed by atoms with E-state index in [0.717, 1.165) is 22.7 Å². The van der Waals surface area contributed by atoms with Crippen molar-refractivity contribution in [1.82, 2.24) is 4.57 Å². The standard InChI is InChI=1S/C71H46N2/c1-2-17-53(18-3-1)73-69-28-13-9-23-63(69)64-45-52(37-44-70(64)73)49-35-40-55(41-36-49)72(54-38-33-48(34-39-54)47-29-31-51(32-30-47)58-24-14-16-50-15-4-5-19-57(50)58)56-42-43-62-61-22-8-12-27-67(61)71(68(62)46-56)65-25-10-6-20-59(65)60-21-7-11-26-66(60)71/h1-46H. The molecule has 2 aliphatic carbocycles. The number of hydrogen-bond acceptors (Lipinski definition) is 1.